The fourth-order valence-corrected chi connectivity index (χ4v) is 6.55. The molecular weight excluding hydrogens is 422 g/mol. The summed E-state index contributed by atoms with van der Waals surface area (Å²) in [6.45, 7) is 0. The van der Waals surface area contributed by atoms with E-state index in [9.17, 15) is 0 Å². The molecule has 0 atom stereocenters. The summed E-state index contributed by atoms with van der Waals surface area (Å²) in [5.41, 5.74) is 6.64. The van der Waals surface area contributed by atoms with Crippen LogP contribution in [0.3, 0.4) is 0 Å². The van der Waals surface area contributed by atoms with Crippen LogP contribution >= 0.6 is 11.3 Å². The quantitative estimate of drug-likeness (QED) is 0.271. The van der Waals surface area contributed by atoms with Gasteiger partial charge in [-0.25, -0.2) is 0 Å². The summed E-state index contributed by atoms with van der Waals surface area (Å²) in [6, 6.07) is 34.7. The van der Waals surface area contributed by atoms with Gasteiger partial charge in [-0.05, 0) is 41.5 Å². The van der Waals surface area contributed by atoms with Crippen molar-refractivity contribution in [3.8, 4) is 11.1 Å². The van der Waals surface area contributed by atoms with Crippen LogP contribution in [0.25, 0.3) is 75.0 Å². The lowest BCUT2D eigenvalue weighted by molar-refractivity contribution is 0.673. The molecule has 3 heterocycles. The second-order valence-electron chi connectivity index (χ2n) is 8.63. The van der Waals surface area contributed by atoms with E-state index in [0.29, 0.717) is 0 Å². The van der Waals surface area contributed by atoms with Gasteiger partial charge in [0, 0.05) is 41.8 Å². The number of hydrogen-bond acceptors (Lipinski definition) is 2. The maximum Gasteiger partial charge on any atom is 0.145 e. The Balaban J connectivity index is 1.41. The smallest absolute Gasteiger partial charge is 0.145 e. The van der Waals surface area contributed by atoms with Crippen molar-refractivity contribution in [2.45, 2.75) is 0 Å². The third-order valence-electron chi connectivity index (χ3n) is 6.82. The van der Waals surface area contributed by atoms with E-state index in [0.717, 1.165) is 38.4 Å². The van der Waals surface area contributed by atoms with Crippen LogP contribution in [0.5, 0.6) is 0 Å². The monoisotopic (exact) mass is 439 g/mol. The highest BCUT2D eigenvalue weighted by Gasteiger charge is 2.16. The molecule has 1 N–H and O–H groups in total. The average molecular weight is 440 g/mol. The van der Waals surface area contributed by atoms with E-state index >= 15 is 0 Å². The van der Waals surface area contributed by atoms with Gasteiger partial charge in [0.2, 0.25) is 0 Å². The Morgan fingerprint density at radius 1 is 0.606 bits per heavy atom. The number of aromatic nitrogens is 1. The molecule has 2 nitrogen and oxygen atoms in total. The lowest BCUT2D eigenvalue weighted by Crippen LogP contribution is -1.79. The molecule has 0 unspecified atom stereocenters. The number of rotatable bonds is 1. The third-order valence-corrected chi connectivity index (χ3v) is 8.04. The van der Waals surface area contributed by atoms with Crippen LogP contribution in [0.15, 0.2) is 101 Å². The molecule has 0 aliphatic rings. The predicted molar refractivity (Wildman–Crippen MR) is 141 cm³/mol. The summed E-state index contributed by atoms with van der Waals surface area (Å²) in [7, 11) is 0. The average Bonchev–Trinajstić information content (AvgIpc) is 3.53. The van der Waals surface area contributed by atoms with Crippen LogP contribution in [-0.4, -0.2) is 4.98 Å². The molecule has 3 aromatic heterocycles. The Hall–Kier alpha value is -4.08. The molecule has 0 radical (unpaired) electrons. The van der Waals surface area contributed by atoms with Crippen molar-refractivity contribution in [3.63, 3.8) is 0 Å². The SMILES string of the molecule is c1ccc2c(c1)oc1c2ccc2[nH]c3cc(-c4cccc5c4sc4ccccc45)ccc3c21. The second-order valence-corrected chi connectivity index (χ2v) is 9.68. The van der Waals surface area contributed by atoms with Gasteiger partial charge >= 0.3 is 0 Å². The summed E-state index contributed by atoms with van der Waals surface area (Å²) in [6.07, 6.45) is 0. The van der Waals surface area contributed by atoms with Crippen molar-refractivity contribution in [1.29, 1.82) is 0 Å². The Morgan fingerprint density at radius 3 is 2.39 bits per heavy atom. The van der Waals surface area contributed by atoms with Gasteiger partial charge < -0.3 is 9.40 Å². The Bertz CT molecular complexity index is 2040. The molecule has 0 spiro atoms. The molecule has 33 heavy (non-hydrogen) atoms. The summed E-state index contributed by atoms with van der Waals surface area (Å²) >= 11 is 1.87. The van der Waals surface area contributed by atoms with Crippen molar-refractivity contribution >= 4 is 75.3 Å². The first-order valence-electron chi connectivity index (χ1n) is 11.1. The highest BCUT2D eigenvalue weighted by atomic mass is 32.1. The van der Waals surface area contributed by atoms with Gasteiger partial charge in [0.15, 0.2) is 0 Å². The molecule has 154 valence electrons. The third kappa shape index (κ3) is 2.32. The zero-order chi connectivity index (χ0) is 21.5. The predicted octanol–water partition coefficient (Wildman–Crippen LogP) is 9.26. The number of para-hydroxylation sites is 1. The maximum absolute atomic E-state index is 6.32. The van der Waals surface area contributed by atoms with E-state index in [2.05, 4.69) is 89.9 Å². The number of hydrogen-bond donors (Lipinski definition) is 1. The molecule has 5 aromatic carbocycles. The van der Waals surface area contributed by atoms with Crippen molar-refractivity contribution in [2.75, 3.05) is 0 Å². The van der Waals surface area contributed by atoms with Crippen LogP contribution in [0.1, 0.15) is 0 Å². The number of aromatic amines is 1. The first-order chi connectivity index (χ1) is 16.3. The van der Waals surface area contributed by atoms with Crippen LogP contribution in [-0.2, 0) is 0 Å². The highest BCUT2D eigenvalue weighted by molar-refractivity contribution is 7.26. The Morgan fingerprint density at radius 2 is 1.42 bits per heavy atom. The number of fused-ring (bicyclic) bond motifs is 10. The van der Waals surface area contributed by atoms with Gasteiger partial charge in [0.1, 0.15) is 11.2 Å². The van der Waals surface area contributed by atoms with Gasteiger partial charge in [0.25, 0.3) is 0 Å². The van der Waals surface area contributed by atoms with E-state index in [1.807, 2.05) is 23.5 Å². The zero-order valence-electron chi connectivity index (χ0n) is 17.6. The lowest BCUT2D eigenvalue weighted by Gasteiger charge is -2.04. The van der Waals surface area contributed by atoms with Crippen LogP contribution < -0.4 is 0 Å². The zero-order valence-corrected chi connectivity index (χ0v) is 18.4. The van der Waals surface area contributed by atoms with E-state index in [1.54, 1.807) is 0 Å². The minimum absolute atomic E-state index is 0.933. The van der Waals surface area contributed by atoms with E-state index in [-0.39, 0.29) is 0 Å². The molecule has 8 rings (SSSR count). The molecule has 0 bridgehead atoms. The van der Waals surface area contributed by atoms with E-state index in [4.69, 9.17) is 4.42 Å². The standard InChI is InChI=1S/C30H17NOS/c1-3-10-26-19(6-1)21-14-15-24-28(29(21)32-26)23-13-12-17(16-25(23)31-24)18-8-5-9-22-20-7-2-4-11-27(20)33-30(18)22/h1-16,31H. The number of benzene rings is 5. The molecular formula is C30H17NOS. The highest BCUT2D eigenvalue weighted by Crippen LogP contribution is 2.42. The van der Waals surface area contributed by atoms with Gasteiger partial charge in [-0.2, -0.15) is 0 Å². The largest absolute Gasteiger partial charge is 0.455 e. The second kappa shape index (κ2) is 6.25. The van der Waals surface area contributed by atoms with Gasteiger partial charge in [-0.15, -0.1) is 11.3 Å². The van der Waals surface area contributed by atoms with Crippen LogP contribution in [0.4, 0.5) is 0 Å². The minimum atomic E-state index is 0.933. The first-order valence-corrected chi connectivity index (χ1v) is 11.9. The van der Waals surface area contributed by atoms with Crippen molar-refractivity contribution in [2.24, 2.45) is 0 Å². The van der Waals surface area contributed by atoms with Crippen molar-refractivity contribution in [1.82, 2.24) is 4.98 Å². The van der Waals surface area contributed by atoms with Gasteiger partial charge in [-0.3, -0.25) is 0 Å². The fourth-order valence-electron chi connectivity index (χ4n) is 5.31. The number of thiophene rings is 1. The normalized spacial score (nSPS) is 12.2. The van der Waals surface area contributed by atoms with E-state index < -0.39 is 0 Å². The van der Waals surface area contributed by atoms with Crippen molar-refractivity contribution < 1.29 is 4.42 Å². The summed E-state index contributed by atoms with van der Waals surface area (Å²) in [5.74, 6) is 0. The number of H-pyrrole nitrogens is 1. The number of nitrogens with one attached hydrogen (secondary N) is 1. The van der Waals surface area contributed by atoms with E-state index in [1.165, 1.54) is 36.7 Å². The fraction of sp³-hybridized carbons (Fsp3) is 0. The Kier molecular flexibility index (Phi) is 3.31. The number of furan rings is 1. The van der Waals surface area contributed by atoms with Crippen LogP contribution in [0, 0.1) is 0 Å². The molecule has 0 aliphatic carbocycles. The van der Waals surface area contributed by atoms with Gasteiger partial charge in [-0.1, -0.05) is 66.7 Å². The molecule has 0 saturated carbocycles. The minimum Gasteiger partial charge on any atom is -0.455 e. The van der Waals surface area contributed by atoms with Crippen LogP contribution in [0.2, 0.25) is 0 Å². The molecule has 0 aliphatic heterocycles. The summed E-state index contributed by atoms with van der Waals surface area (Å²) in [4.78, 5) is 3.64. The Labute approximate surface area is 192 Å². The topological polar surface area (TPSA) is 28.9 Å². The molecule has 0 fully saturated rings. The van der Waals surface area contributed by atoms with Crippen molar-refractivity contribution in [3.05, 3.63) is 97.1 Å². The first kappa shape index (κ1) is 17.5. The summed E-state index contributed by atoms with van der Waals surface area (Å²) in [5, 5.41) is 7.34. The van der Waals surface area contributed by atoms with Gasteiger partial charge in [0.05, 0.1) is 10.9 Å². The molecule has 3 heteroatoms. The molecule has 0 saturated heterocycles. The lowest BCUT2D eigenvalue weighted by atomic mass is 10.0. The molecule has 0 amide bonds. The maximum atomic E-state index is 6.32. The summed E-state index contributed by atoms with van der Waals surface area (Å²) < 4.78 is 8.99. The molecule has 8 aromatic rings.